The lowest BCUT2D eigenvalue weighted by molar-refractivity contribution is -0.123. The lowest BCUT2D eigenvalue weighted by atomic mass is 10.2. The highest BCUT2D eigenvalue weighted by atomic mass is 35.5. The number of rotatable bonds is 4. The minimum atomic E-state index is 0.0675. The molecule has 2 aromatic carbocycles. The lowest BCUT2D eigenvalue weighted by Crippen LogP contribution is -2.37. The highest BCUT2D eigenvalue weighted by molar-refractivity contribution is 8.18. The van der Waals surface area contributed by atoms with Gasteiger partial charge in [0.25, 0.3) is 5.91 Å². The fourth-order valence-electron chi connectivity index (χ4n) is 4.72. The van der Waals surface area contributed by atoms with Crippen molar-refractivity contribution in [2.75, 3.05) is 0 Å². The zero-order valence-electron chi connectivity index (χ0n) is 18.8. The molecule has 0 N–H and O–H groups in total. The number of hydrogen-bond acceptors (Lipinski definition) is 3. The van der Waals surface area contributed by atoms with Gasteiger partial charge in [-0.15, -0.1) is 0 Å². The molecule has 1 aromatic heterocycles. The number of amides is 1. The molecule has 4 nitrogen and oxygen atoms in total. The summed E-state index contributed by atoms with van der Waals surface area (Å²) in [5, 5.41) is 1.50. The molecule has 1 aliphatic carbocycles. The van der Waals surface area contributed by atoms with E-state index in [9.17, 15) is 4.79 Å². The Morgan fingerprint density at radius 2 is 1.73 bits per heavy atom. The summed E-state index contributed by atoms with van der Waals surface area (Å²) in [6, 6.07) is 20.1. The van der Waals surface area contributed by atoms with Crippen LogP contribution in [0.1, 0.15) is 42.6 Å². The molecule has 0 radical (unpaired) electrons. The molecule has 2 heterocycles. The Hall–Kier alpha value is -2.76. The number of hydrogen-bond donors (Lipinski definition) is 0. The monoisotopic (exact) mass is 475 g/mol. The van der Waals surface area contributed by atoms with E-state index in [1.54, 1.807) is 0 Å². The van der Waals surface area contributed by atoms with Crippen LogP contribution in [0.4, 0.5) is 5.69 Å². The standard InChI is InChI=1S/C27H26ClN3OS/c1-18-16-20(19(2)30(18)24-14-12-21(28)13-15-24)17-25-26(32)31(23-10-6-7-11-23)27(33-25)29-22-8-4-3-5-9-22/h3-5,8-9,12-17,23H,6-7,10-11H2,1-2H3/b25-17-,29-27?. The van der Waals surface area contributed by atoms with E-state index >= 15 is 0 Å². The number of halogens is 1. The van der Waals surface area contributed by atoms with E-state index in [4.69, 9.17) is 16.6 Å². The smallest absolute Gasteiger partial charge is 0.267 e. The molecule has 1 aliphatic heterocycles. The molecule has 1 saturated heterocycles. The van der Waals surface area contributed by atoms with E-state index in [0.717, 1.165) is 51.2 Å². The summed E-state index contributed by atoms with van der Waals surface area (Å²) in [6.45, 7) is 4.17. The number of aromatic nitrogens is 1. The number of carbonyl (C=O) groups excluding carboxylic acids is 1. The molecule has 3 aromatic rings. The Labute approximate surface area is 204 Å². The third kappa shape index (κ3) is 4.40. The molecular weight excluding hydrogens is 450 g/mol. The highest BCUT2D eigenvalue weighted by Crippen LogP contribution is 2.39. The van der Waals surface area contributed by atoms with Gasteiger partial charge in [-0.25, -0.2) is 4.99 Å². The van der Waals surface area contributed by atoms with Gasteiger partial charge in [-0.3, -0.25) is 9.69 Å². The number of amidine groups is 1. The Balaban J connectivity index is 1.52. The summed E-state index contributed by atoms with van der Waals surface area (Å²) < 4.78 is 2.19. The van der Waals surface area contributed by atoms with Crippen LogP contribution >= 0.6 is 23.4 Å². The fourth-order valence-corrected chi connectivity index (χ4v) is 5.90. The largest absolute Gasteiger partial charge is 0.318 e. The van der Waals surface area contributed by atoms with E-state index in [1.165, 1.54) is 24.6 Å². The molecule has 0 bridgehead atoms. The molecule has 1 amide bonds. The Bertz CT molecular complexity index is 1240. The van der Waals surface area contributed by atoms with E-state index in [1.807, 2.05) is 65.6 Å². The zero-order chi connectivity index (χ0) is 22.9. The van der Waals surface area contributed by atoms with Crippen molar-refractivity contribution in [2.24, 2.45) is 4.99 Å². The van der Waals surface area contributed by atoms with E-state index in [0.29, 0.717) is 5.02 Å². The maximum absolute atomic E-state index is 13.5. The number of para-hydroxylation sites is 1. The molecule has 0 spiro atoms. The van der Waals surface area contributed by atoms with Gasteiger partial charge in [0, 0.05) is 28.1 Å². The van der Waals surface area contributed by atoms with Gasteiger partial charge < -0.3 is 4.57 Å². The van der Waals surface area contributed by atoms with Gasteiger partial charge in [0.05, 0.1) is 10.6 Å². The van der Waals surface area contributed by atoms with Crippen LogP contribution in [0.15, 0.2) is 70.6 Å². The Morgan fingerprint density at radius 1 is 1.03 bits per heavy atom. The van der Waals surface area contributed by atoms with Crippen molar-refractivity contribution in [3.8, 4) is 5.69 Å². The SMILES string of the molecule is Cc1cc(/C=C2\SC(=Nc3ccccc3)N(C3CCCC3)C2=O)c(C)n1-c1ccc(Cl)cc1. The van der Waals surface area contributed by atoms with Crippen LogP contribution in [0.2, 0.25) is 5.02 Å². The molecular formula is C27H26ClN3OS. The number of carbonyl (C=O) groups is 1. The molecule has 6 heteroatoms. The van der Waals surface area contributed by atoms with E-state index in [2.05, 4.69) is 24.5 Å². The molecule has 1 saturated carbocycles. The second-order valence-corrected chi connectivity index (χ2v) is 10.0. The van der Waals surface area contributed by atoms with Crippen LogP contribution in [0.5, 0.6) is 0 Å². The molecule has 2 fully saturated rings. The van der Waals surface area contributed by atoms with Crippen LogP contribution in [0.25, 0.3) is 11.8 Å². The van der Waals surface area contributed by atoms with Crippen LogP contribution in [-0.4, -0.2) is 26.6 Å². The molecule has 0 atom stereocenters. The predicted octanol–water partition coefficient (Wildman–Crippen LogP) is 7.29. The van der Waals surface area contributed by atoms with Crippen molar-refractivity contribution < 1.29 is 4.79 Å². The van der Waals surface area contributed by atoms with Gasteiger partial charge in [-0.2, -0.15) is 0 Å². The van der Waals surface area contributed by atoms with E-state index in [-0.39, 0.29) is 11.9 Å². The topological polar surface area (TPSA) is 37.6 Å². The second-order valence-electron chi connectivity index (χ2n) is 8.59. The van der Waals surface area contributed by atoms with E-state index < -0.39 is 0 Å². The van der Waals surface area contributed by atoms with Crippen molar-refractivity contribution in [3.05, 3.63) is 87.5 Å². The van der Waals surface area contributed by atoms with Crippen molar-refractivity contribution in [1.82, 2.24) is 9.47 Å². The molecule has 5 rings (SSSR count). The van der Waals surface area contributed by atoms with Gasteiger partial charge >= 0.3 is 0 Å². The summed E-state index contributed by atoms with van der Waals surface area (Å²) in [5.74, 6) is 0.0675. The number of aryl methyl sites for hydroxylation is 1. The predicted molar refractivity (Wildman–Crippen MR) is 138 cm³/mol. The third-order valence-corrected chi connectivity index (χ3v) is 7.58. The Morgan fingerprint density at radius 3 is 2.42 bits per heavy atom. The summed E-state index contributed by atoms with van der Waals surface area (Å²) in [7, 11) is 0. The Kier molecular flexibility index (Phi) is 6.17. The molecule has 2 aliphatic rings. The van der Waals surface area contributed by atoms with Gasteiger partial charge in [-0.05, 0) is 92.6 Å². The highest BCUT2D eigenvalue weighted by Gasteiger charge is 2.39. The lowest BCUT2D eigenvalue weighted by Gasteiger charge is -2.22. The molecule has 168 valence electrons. The first-order valence-corrected chi connectivity index (χ1v) is 12.5. The number of benzene rings is 2. The first-order chi connectivity index (χ1) is 16.0. The zero-order valence-corrected chi connectivity index (χ0v) is 20.4. The minimum absolute atomic E-state index is 0.0675. The first-order valence-electron chi connectivity index (χ1n) is 11.3. The molecule has 33 heavy (non-hydrogen) atoms. The summed E-state index contributed by atoms with van der Waals surface area (Å²) in [4.78, 5) is 21.1. The average Bonchev–Trinajstić information content (AvgIpc) is 3.50. The average molecular weight is 476 g/mol. The van der Waals surface area contributed by atoms with Crippen LogP contribution in [0, 0.1) is 13.8 Å². The summed E-state index contributed by atoms with van der Waals surface area (Å²) in [6.07, 6.45) is 6.44. The first kappa shape index (κ1) is 22.1. The third-order valence-electron chi connectivity index (χ3n) is 6.35. The van der Waals surface area contributed by atoms with Gasteiger partial charge in [-0.1, -0.05) is 42.6 Å². The van der Waals surface area contributed by atoms with Crippen molar-refractivity contribution >= 4 is 46.2 Å². The van der Waals surface area contributed by atoms with Crippen LogP contribution in [-0.2, 0) is 4.79 Å². The van der Waals surface area contributed by atoms with Crippen LogP contribution < -0.4 is 0 Å². The number of aliphatic imine (C=N–C) groups is 1. The number of nitrogens with zero attached hydrogens (tertiary/aromatic N) is 3. The van der Waals surface area contributed by atoms with Crippen molar-refractivity contribution in [2.45, 2.75) is 45.6 Å². The maximum Gasteiger partial charge on any atom is 0.267 e. The van der Waals surface area contributed by atoms with Crippen molar-refractivity contribution in [3.63, 3.8) is 0 Å². The van der Waals surface area contributed by atoms with Gasteiger partial charge in [0.2, 0.25) is 0 Å². The summed E-state index contributed by atoms with van der Waals surface area (Å²) in [5.41, 5.74) is 5.19. The van der Waals surface area contributed by atoms with Crippen molar-refractivity contribution in [1.29, 1.82) is 0 Å². The number of thioether (sulfide) groups is 1. The van der Waals surface area contributed by atoms with Gasteiger partial charge in [0.1, 0.15) is 0 Å². The normalized spacial score (nSPS) is 19.4. The maximum atomic E-state index is 13.5. The van der Waals surface area contributed by atoms with Crippen LogP contribution in [0.3, 0.4) is 0 Å². The fraction of sp³-hybridized carbons (Fsp3) is 0.259. The molecule has 0 unspecified atom stereocenters. The quantitative estimate of drug-likeness (QED) is 0.371. The summed E-state index contributed by atoms with van der Waals surface area (Å²) >= 11 is 7.56. The van der Waals surface area contributed by atoms with Gasteiger partial charge in [0.15, 0.2) is 5.17 Å². The second kappa shape index (κ2) is 9.24. The minimum Gasteiger partial charge on any atom is -0.318 e.